The van der Waals surface area contributed by atoms with Crippen LogP contribution in [0.2, 0.25) is 0 Å². The van der Waals surface area contributed by atoms with Gasteiger partial charge in [0.2, 0.25) is 0 Å². The zero-order valence-corrected chi connectivity index (χ0v) is 35.2. The number of rotatable bonds is 6. The Kier molecular flexibility index (Phi) is 8.36. The van der Waals surface area contributed by atoms with E-state index in [1.54, 1.807) is 0 Å². The molecule has 0 fully saturated rings. The summed E-state index contributed by atoms with van der Waals surface area (Å²) in [6.45, 7) is 0. The lowest BCUT2D eigenvalue weighted by molar-refractivity contribution is 0.669. The summed E-state index contributed by atoms with van der Waals surface area (Å²) in [5.74, 6) is 1.85. The Morgan fingerprint density at radius 1 is 0.281 bits per heavy atom. The Morgan fingerprint density at radius 3 is 1.70 bits per heavy atom. The lowest BCUT2D eigenvalue weighted by Crippen LogP contribution is -2.00. The van der Waals surface area contributed by atoms with E-state index in [4.69, 9.17) is 19.4 Å². The van der Waals surface area contributed by atoms with Crippen molar-refractivity contribution in [3.05, 3.63) is 212 Å². The fourth-order valence-electron chi connectivity index (χ4n) is 9.24. The van der Waals surface area contributed by atoms with Gasteiger partial charge < -0.3 is 4.42 Å². The third-order valence-corrected chi connectivity index (χ3v) is 13.7. The van der Waals surface area contributed by atoms with Crippen LogP contribution in [0.5, 0.6) is 0 Å². The monoisotopic (exact) mass is 833 g/mol. The minimum Gasteiger partial charge on any atom is -0.456 e. The minimum atomic E-state index is 0.611. The molecular formula is C59H35N3OS. The average Bonchev–Trinajstić information content (AvgIpc) is 3.92. The van der Waals surface area contributed by atoms with E-state index in [0.717, 1.165) is 82.8 Å². The number of fused-ring (bicyclic) bond motifs is 8. The number of hydrogen-bond acceptors (Lipinski definition) is 5. The summed E-state index contributed by atoms with van der Waals surface area (Å²) in [7, 11) is 0. The maximum Gasteiger partial charge on any atom is 0.164 e. The molecule has 0 saturated carbocycles. The second-order valence-corrected chi connectivity index (χ2v) is 17.5. The molecule has 0 atom stereocenters. The molecule has 64 heavy (non-hydrogen) atoms. The second-order valence-electron chi connectivity index (χ2n) is 16.4. The van der Waals surface area contributed by atoms with Crippen LogP contribution in [0.25, 0.3) is 131 Å². The number of benzene rings is 10. The normalized spacial score (nSPS) is 11.8. The summed E-state index contributed by atoms with van der Waals surface area (Å²) in [6, 6.07) is 75.3. The number of nitrogens with zero attached hydrogens (tertiary/aromatic N) is 3. The van der Waals surface area contributed by atoms with Gasteiger partial charge in [0, 0.05) is 47.6 Å². The molecule has 5 heteroatoms. The zero-order valence-electron chi connectivity index (χ0n) is 34.4. The molecule has 0 radical (unpaired) electrons. The number of furan rings is 1. The number of thiophene rings is 1. The Bertz CT molecular complexity index is 3960. The average molecular weight is 834 g/mol. The third kappa shape index (κ3) is 6.25. The molecular weight excluding hydrogens is 799 g/mol. The van der Waals surface area contributed by atoms with Crippen molar-refractivity contribution >= 4 is 75.0 Å². The van der Waals surface area contributed by atoms with Crippen molar-refractivity contribution in [2.24, 2.45) is 0 Å². The van der Waals surface area contributed by atoms with Crippen LogP contribution in [0, 0.1) is 0 Å². The molecule has 0 aliphatic heterocycles. The van der Waals surface area contributed by atoms with E-state index in [2.05, 4.69) is 206 Å². The van der Waals surface area contributed by atoms with Crippen molar-refractivity contribution < 1.29 is 4.42 Å². The van der Waals surface area contributed by atoms with Crippen molar-refractivity contribution in [1.82, 2.24) is 15.0 Å². The van der Waals surface area contributed by atoms with Crippen LogP contribution in [0.15, 0.2) is 217 Å². The minimum absolute atomic E-state index is 0.611. The van der Waals surface area contributed by atoms with E-state index in [9.17, 15) is 0 Å². The van der Waals surface area contributed by atoms with Gasteiger partial charge in [0.05, 0.1) is 0 Å². The Hall–Kier alpha value is -8.25. The van der Waals surface area contributed by atoms with Gasteiger partial charge in [-0.3, -0.25) is 0 Å². The van der Waals surface area contributed by atoms with E-state index < -0.39 is 0 Å². The molecule has 0 saturated heterocycles. The summed E-state index contributed by atoms with van der Waals surface area (Å²) in [4.78, 5) is 15.6. The predicted octanol–water partition coefficient (Wildman–Crippen LogP) is 16.4. The Morgan fingerprint density at radius 2 is 0.844 bits per heavy atom. The van der Waals surface area contributed by atoms with Crippen molar-refractivity contribution in [2.45, 2.75) is 0 Å². The summed E-state index contributed by atoms with van der Waals surface area (Å²) in [5, 5.41) is 9.40. The lowest BCUT2D eigenvalue weighted by atomic mass is 9.95. The van der Waals surface area contributed by atoms with Gasteiger partial charge in [-0.05, 0) is 110 Å². The third-order valence-electron chi connectivity index (χ3n) is 12.5. The fraction of sp³-hybridized carbons (Fsp3) is 0. The van der Waals surface area contributed by atoms with E-state index in [1.807, 2.05) is 17.4 Å². The van der Waals surface area contributed by atoms with Crippen molar-refractivity contribution in [3.8, 4) is 67.5 Å². The van der Waals surface area contributed by atoms with Crippen LogP contribution >= 0.6 is 11.3 Å². The first-order valence-electron chi connectivity index (χ1n) is 21.5. The van der Waals surface area contributed by atoms with Gasteiger partial charge in [-0.1, -0.05) is 158 Å². The largest absolute Gasteiger partial charge is 0.456 e. The maximum absolute atomic E-state index is 6.51. The molecule has 298 valence electrons. The molecule has 0 N–H and O–H groups in total. The summed E-state index contributed by atoms with van der Waals surface area (Å²) >= 11 is 1.83. The summed E-state index contributed by atoms with van der Waals surface area (Å²) in [6.07, 6.45) is 0. The zero-order chi connectivity index (χ0) is 42.1. The van der Waals surface area contributed by atoms with E-state index in [-0.39, 0.29) is 0 Å². The van der Waals surface area contributed by atoms with Crippen LogP contribution in [0.1, 0.15) is 0 Å². The SMILES string of the molecule is c1ccc(-c2ccc(-c3nc(-c4cccc(-c5ccc6sc7ccccc7c6c5)c4)nc(-c4ccc5cccc(-c6ccc7c(c6)oc6cc8ccccc8cc67)c5c4)n3)cc2)cc1. The highest BCUT2D eigenvalue weighted by molar-refractivity contribution is 7.25. The van der Waals surface area contributed by atoms with Crippen LogP contribution in [0.4, 0.5) is 0 Å². The molecule has 0 spiro atoms. The fourth-order valence-corrected chi connectivity index (χ4v) is 10.3. The topological polar surface area (TPSA) is 51.8 Å². The molecule has 13 rings (SSSR count). The molecule has 4 nitrogen and oxygen atoms in total. The van der Waals surface area contributed by atoms with Gasteiger partial charge in [-0.2, -0.15) is 0 Å². The first-order chi connectivity index (χ1) is 31.6. The van der Waals surface area contributed by atoms with E-state index in [0.29, 0.717) is 17.5 Å². The highest BCUT2D eigenvalue weighted by atomic mass is 32.1. The van der Waals surface area contributed by atoms with Crippen LogP contribution in [0.3, 0.4) is 0 Å². The number of hydrogen-bond donors (Lipinski definition) is 0. The molecule has 10 aromatic carbocycles. The van der Waals surface area contributed by atoms with Crippen molar-refractivity contribution in [3.63, 3.8) is 0 Å². The predicted molar refractivity (Wildman–Crippen MR) is 268 cm³/mol. The molecule has 0 aliphatic carbocycles. The van der Waals surface area contributed by atoms with Gasteiger partial charge in [0.25, 0.3) is 0 Å². The first kappa shape index (κ1) is 36.4. The quantitative estimate of drug-likeness (QED) is 0.167. The van der Waals surface area contributed by atoms with Crippen molar-refractivity contribution in [1.29, 1.82) is 0 Å². The molecule has 3 heterocycles. The van der Waals surface area contributed by atoms with Crippen LogP contribution < -0.4 is 0 Å². The van der Waals surface area contributed by atoms with E-state index in [1.165, 1.54) is 30.9 Å². The van der Waals surface area contributed by atoms with Gasteiger partial charge in [0.1, 0.15) is 11.2 Å². The molecule has 0 aliphatic rings. The van der Waals surface area contributed by atoms with Crippen LogP contribution in [-0.4, -0.2) is 15.0 Å². The second kappa shape index (κ2) is 14.7. The lowest BCUT2D eigenvalue weighted by Gasteiger charge is -2.12. The number of aromatic nitrogens is 3. The molecule has 13 aromatic rings. The summed E-state index contributed by atoms with van der Waals surface area (Å²) < 4.78 is 9.10. The van der Waals surface area contributed by atoms with E-state index >= 15 is 0 Å². The Labute approximate surface area is 372 Å². The van der Waals surface area contributed by atoms with Gasteiger partial charge in [-0.15, -0.1) is 11.3 Å². The van der Waals surface area contributed by atoms with Gasteiger partial charge in [0.15, 0.2) is 17.5 Å². The van der Waals surface area contributed by atoms with Crippen molar-refractivity contribution in [2.75, 3.05) is 0 Å². The molecule has 0 amide bonds. The highest BCUT2D eigenvalue weighted by Crippen LogP contribution is 2.40. The summed E-state index contributed by atoms with van der Waals surface area (Å²) in [5.41, 5.74) is 11.3. The molecule has 0 unspecified atom stereocenters. The Balaban J connectivity index is 0.937. The van der Waals surface area contributed by atoms with Gasteiger partial charge in [-0.25, -0.2) is 15.0 Å². The molecule has 3 aromatic heterocycles. The molecule has 0 bridgehead atoms. The standard InChI is InChI=1S/C59H35N3OS/c1-2-10-36(11-3-1)37-20-23-39(24-21-37)57-60-58(45-16-8-15-40(30-45)43-27-29-56-52(32-43)49-17-6-7-19-55(49)64-56)62-59(61-57)46-25-22-38-14-9-18-47(50(38)33-46)44-26-28-48-51-31-41-12-4-5-13-42(41)34-54(51)63-53(48)35-44/h1-35H. The van der Waals surface area contributed by atoms with Gasteiger partial charge >= 0.3 is 0 Å². The first-order valence-corrected chi connectivity index (χ1v) is 22.3. The smallest absolute Gasteiger partial charge is 0.164 e. The van der Waals surface area contributed by atoms with Crippen LogP contribution in [-0.2, 0) is 0 Å². The highest BCUT2D eigenvalue weighted by Gasteiger charge is 2.17. The maximum atomic E-state index is 6.51.